The number of ether oxygens (including phenoxy) is 2. The first-order valence-corrected chi connectivity index (χ1v) is 14.7. The Balaban J connectivity index is 2.72. The fourth-order valence-corrected chi connectivity index (χ4v) is 4.91. The van der Waals surface area contributed by atoms with E-state index in [0.29, 0.717) is 13.2 Å². The van der Waals surface area contributed by atoms with Gasteiger partial charge in [-0.1, -0.05) is 39.5 Å². The lowest BCUT2D eigenvalue weighted by Crippen LogP contribution is -2.64. The van der Waals surface area contributed by atoms with Crippen molar-refractivity contribution in [2.75, 3.05) is 26.4 Å². The van der Waals surface area contributed by atoms with Crippen LogP contribution in [0.1, 0.15) is 52.4 Å². The van der Waals surface area contributed by atoms with Gasteiger partial charge in [0.15, 0.2) is 0 Å². The summed E-state index contributed by atoms with van der Waals surface area (Å²) < 4.78 is 48.7. The Bertz CT molecular complexity index is 660. The highest BCUT2D eigenvalue weighted by atomic mass is 31.2. The van der Waals surface area contributed by atoms with Gasteiger partial charge < -0.3 is 44.6 Å². The fourth-order valence-electron chi connectivity index (χ4n) is 3.37. The van der Waals surface area contributed by atoms with E-state index < -0.39 is 65.0 Å². The third-order valence-electron chi connectivity index (χ3n) is 5.28. The lowest BCUT2D eigenvalue weighted by molar-refractivity contribution is -0.216. The molecule has 0 saturated heterocycles. The lowest BCUT2D eigenvalue weighted by atomic mass is 9.85. The maximum atomic E-state index is 12.5. The van der Waals surface area contributed by atoms with Crippen LogP contribution >= 0.6 is 15.6 Å². The molecular formula is C19H40O14P2. The molecule has 0 bridgehead atoms. The molecule has 7 N–H and O–H groups in total. The van der Waals surface area contributed by atoms with Gasteiger partial charge in [0, 0.05) is 13.2 Å². The van der Waals surface area contributed by atoms with Gasteiger partial charge in [-0.3, -0.25) is 13.6 Å². The van der Waals surface area contributed by atoms with Gasteiger partial charge in [0.2, 0.25) is 0 Å². The number of hydrogen-bond donors (Lipinski definition) is 7. The van der Waals surface area contributed by atoms with Crippen LogP contribution in [0.2, 0.25) is 0 Å². The Hall–Kier alpha value is -0.0200. The first-order valence-electron chi connectivity index (χ1n) is 11.6. The first-order chi connectivity index (χ1) is 16.3. The van der Waals surface area contributed by atoms with Crippen molar-refractivity contribution >= 4 is 15.6 Å². The normalized spacial score (nSPS) is 30.2. The summed E-state index contributed by atoms with van der Waals surface area (Å²) in [6, 6.07) is 0. The molecule has 35 heavy (non-hydrogen) atoms. The van der Waals surface area contributed by atoms with Crippen molar-refractivity contribution in [2.24, 2.45) is 0 Å². The van der Waals surface area contributed by atoms with Crippen molar-refractivity contribution in [3.05, 3.63) is 0 Å². The van der Waals surface area contributed by atoms with Crippen LogP contribution in [0.25, 0.3) is 0 Å². The number of unbranched alkanes of at least 4 members (excludes halogenated alkanes) is 4. The summed E-state index contributed by atoms with van der Waals surface area (Å²) in [6.45, 7) is 4.58. The van der Waals surface area contributed by atoms with Crippen LogP contribution in [0.5, 0.6) is 0 Å². The molecular weight excluding hydrogens is 514 g/mol. The van der Waals surface area contributed by atoms with Gasteiger partial charge in [0.25, 0.3) is 0 Å². The number of aliphatic hydroxyl groups excluding tert-OH is 4. The molecule has 210 valence electrons. The Morgan fingerprint density at radius 1 is 0.714 bits per heavy atom. The fraction of sp³-hybridized carbons (Fsp3) is 1.00. The van der Waals surface area contributed by atoms with Gasteiger partial charge in [-0.15, -0.1) is 0 Å². The molecule has 0 radical (unpaired) electrons. The van der Waals surface area contributed by atoms with Crippen molar-refractivity contribution in [2.45, 2.75) is 95.1 Å². The predicted molar refractivity (Wildman–Crippen MR) is 121 cm³/mol. The molecule has 1 aliphatic rings. The van der Waals surface area contributed by atoms with Crippen molar-refractivity contribution in [1.82, 2.24) is 0 Å². The quantitative estimate of drug-likeness (QED) is 0.0889. The van der Waals surface area contributed by atoms with Crippen molar-refractivity contribution in [3.8, 4) is 0 Å². The van der Waals surface area contributed by atoms with Crippen molar-refractivity contribution < 1.29 is 67.3 Å². The van der Waals surface area contributed by atoms with Crippen LogP contribution in [0.3, 0.4) is 0 Å². The molecule has 1 fully saturated rings. The summed E-state index contributed by atoms with van der Waals surface area (Å²) in [5, 5.41) is 40.5. The van der Waals surface area contributed by atoms with Gasteiger partial charge in [-0.25, -0.2) is 9.13 Å². The molecule has 0 aliphatic heterocycles. The molecule has 0 heterocycles. The van der Waals surface area contributed by atoms with E-state index in [2.05, 4.69) is 11.4 Å². The van der Waals surface area contributed by atoms with Crippen molar-refractivity contribution in [3.63, 3.8) is 0 Å². The van der Waals surface area contributed by atoms with Gasteiger partial charge in [-0.2, -0.15) is 0 Å². The Morgan fingerprint density at radius 2 is 1.20 bits per heavy atom. The smallest absolute Gasteiger partial charge is 0.387 e. The highest BCUT2D eigenvalue weighted by molar-refractivity contribution is 7.47. The second-order valence-electron chi connectivity index (χ2n) is 8.34. The summed E-state index contributed by atoms with van der Waals surface area (Å²) in [4.78, 5) is 27.9. The van der Waals surface area contributed by atoms with Crippen LogP contribution in [0, 0.1) is 0 Å². The van der Waals surface area contributed by atoms with Gasteiger partial charge in [0.1, 0.15) is 42.7 Å². The molecule has 14 nitrogen and oxygen atoms in total. The van der Waals surface area contributed by atoms with E-state index in [0.717, 1.165) is 38.5 Å². The number of phosphoric ester groups is 2. The van der Waals surface area contributed by atoms with E-state index in [9.17, 15) is 34.4 Å². The average Bonchev–Trinajstić information content (AvgIpc) is 2.78. The molecule has 0 aromatic heterocycles. The van der Waals surface area contributed by atoms with Crippen LogP contribution in [-0.4, -0.2) is 104 Å². The molecule has 1 rings (SSSR count). The Kier molecular flexibility index (Phi) is 15.1. The summed E-state index contributed by atoms with van der Waals surface area (Å²) in [7, 11) is -10.2. The first kappa shape index (κ1) is 33.0. The average molecular weight is 554 g/mol. The van der Waals surface area contributed by atoms with E-state index in [1.165, 1.54) is 0 Å². The molecule has 0 spiro atoms. The Morgan fingerprint density at radius 3 is 1.69 bits per heavy atom. The highest BCUT2D eigenvalue weighted by Crippen LogP contribution is 2.48. The topological polar surface area (TPSA) is 222 Å². The summed E-state index contributed by atoms with van der Waals surface area (Å²) >= 11 is 0. The zero-order valence-corrected chi connectivity index (χ0v) is 21.8. The summed E-state index contributed by atoms with van der Waals surface area (Å²) in [6.07, 6.45) is -7.97. The minimum atomic E-state index is -5.21. The van der Waals surface area contributed by atoms with Gasteiger partial charge >= 0.3 is 15.6 Å². The minimum Gasteiger partial charge on any atom is -0.387 e. The molecule has 0 amide bonds. The van der Waals surface area contributed by atoms with Crippen LogP contribution in [-0.2, 0) is 32.2 Å². The maximum absolute atomic E-state index is 12.5. The monoisotopic (exact) mass is 554 g/mol. The van der Waals surface area contributed by atoms with E-state index in [1.54, 1.807) is 0 Å². The number of aliphatic hydroxyl groups is 4. The number of rotatable bonds is 18. The molecule has 0 aromatic carbocycles. The molecule has 0 aromatic rings. The molecule has 1 aliphatic carbocycles. The van der Waals surface area contributed by atoms with Gasteiger partial charge in [0.05, 0.1) is 13.2 Å². The summed E-state index contributed by atoms with van der Waals surface area (Å²) in [5.74, 6) is 0. The van der Waals surface area contributed by atoms with E-state index in [4.69, 9.17) is 28.3 Å². The highest BCUT2D eigenvalue weighted by Gasteiger charge is 2.54. The van der Waals surface area contributed by atoms with Crippen LogP contribution in [0.4, 0.5) is 0 Å². The van der Waals surface area contributed by atoms with Crippen molar-refractivity contribution in [1.29, 1.82) is 0 Å². The second kappa shape index (κ2) is 16.1. The second-order valence-corrected chi connectivity index (χ2v) is 10.9. The lowest BCUT2D eigenvalue weighted by Gasteiger charge is -2.43. The number of hydrogen-bond acceptors (Lipinski definition) is 11. The number of phosphoric acid groups is 2. The third kappa shape index (κ3) is 12.4. The SMILES string of the molecule is CCCCCOC[C@H](COP(=O)(O)OC1[C@@H](O)[C@H](O)C(OP(=O)(O)O)[C@H](O)[C@@H]1O)OCCCCC. The minimum absolute atomic E-state index is 0.0866. The molecule has 3 unspecified atom stereocenters. The van der Waals surface area contributed by atoms with E-state index in [-0.39, 0.29) is 6.61 Å². The third-order valence-corrected chi connectivity index (χ3v) is 6.78. The van der Waals surface area contributed by atoms with Gasteiger partial charge in [-0.05, 0) is 12.8 Å². The van der Waals surface area contributed by atoms with Crippen LogP contribution in [0.15, 0.2) is 0 Å². The van der Waals surface area contributed by atoms with E-state index in [1.807, 2.05) is 6.92 Å². The molecule has 1 saturated carbocycles. The maximum Gasteiger partial charge on any atom is 0.472 e. The predicted octanol–water partition coefficient (Wildman–Crippen LogP) is 0.206. The zero-order chi connectivity index (χ0) is 26.6. The van der Waals surface area contributed by atoms with E-state index >= 15 is 0 Å². The molecule has 8 atom stereocenters. The zero-order valence-electron chi connectivity index (χ0n) is 20.0. The molecule has 16 heteroatoms. The largest absolute Gasteiger partial charge is 0.472 e. The Labute approximate surface area is 205 Å². The summed E-state index contributed by atoms with van der Waals surface area (Å²) in [5.41, 5.74) is 0. The van der Waals surface area contributed by atoms with Crippen LogP contribution < -0.4 is 0 Å². The standard InChI is InChI=1S/C19H40O14P2/c1-3-5-7-9-29-11-13(30-10-8-6-4-2)12-31-35(27,28)33-19-16(22)14(20)18(15(21)17(19)23)32-34(24,25)26/h13-23H,3-12H2,1-2H3,(H,27,28)(H2,24,25,26)/t13-,14-,15+,16+,17+,18?,19?/m1/s1.